The molecule has 6 heteroatoms. The normalized spacial score (nSPS) is 19.2. The van der Waals surface area contributed by atoms with Crippen LogP contribution >= 0.6 is 0 Å². The second kappa shape index (κ2) is 7.65. The summed E-state index contributed by atoms with van der Waals surface area (Å²) in [5, 5.41) is 17.1. The van der Waals surface area contributed by atoms with E-state index in [4.69, 9.17) is 16.3 Å². The van der Waals surface area contributed by atoms with Gasteiger partial charge in [-0.1, -0.05) is 0 Å². The van der Waals surface area contributed by atoms with Crippen molar-refractivity contribution in [2.75, 3.05) is 32.7 Å². The molecule has 1 amide bonds. The molecule has 0 aliphatic carbocycles. The molecule has 0 aromatic carbocycles. The third kappa shape index (κ3) is 4.70. The Morgan fingerprint density at radius 1 is 1.33 bits per heavy atom. The molecule has 0 radical (unpaired) electrons. The van der Waals surface area contributed by atoms with Crippen molar-refractivity contribution in [2.45, 2.75) is 25.3 Å². The lowest BCUT2D eigenvalue weighted by molar-refractivity contribution is -0.132. The van der Waals surface area contributed by atoms with E-state index >= 15 is 0 Å². The van der Waals surface area contributed by atoms with Crippen LogP contribution in [-0.2, 0) is 4.79 Å². The number of rotatable bonds is 6. The molecular formula is C12H19N5O. The van der Waals surface area contributed by atoms with Crippen LogP contribution in [0.15, 0.2) is 0 Å². The van der Waals surface area contributed by atoms with Crippen molar-refractivity contribution in [2.24, 2.45) is 5.73 Å². The van der Waals surface area contributed by atoms with Crippen LogP contribution in [0.4, 0.5) is 0 Å². The Labute approximate surface area is 108 Å². The minimum Gasteiger partial charge on any atom is -0.340 e. The van der Waals surface area contributed by atoms with Crippen molar-refractivity contribution >= 4 is 5.91 Å². The zero-order chi connectivity index (χ0) is 13.4. The molecule has 1 aliphatic heterocycles. The lowest BCUT2D eigenvalue weighted by Gasteiger charge is -2.23. The Kier molecular flexibility index (Phi) is 6.13. The van der Waals surface area contributed by atoms with E-state index in [1.54, 1.807) is 4.90 Å². The summed E-state index contributed by atoms with van der Waals surface area (Å²) in [6, 6.07) is 4.20. The van der Waals surface area contributed by atoms with E-state index in [1.807, 2.05) is 17.0 Å². The fourth-order valence-corrected chi connectivity index (χ4v) is 2.03. The number of likely N-dealkylation sites (tertiary alicyclic amines) is 1. The minimum atomic E-state index is -0.0189. The van der Waals surface area contributed by atoms with Crippen molar-refractivity contribution < 1.29 is 4.79 Å². The van der Waals surface area contributed by atoms with Gasteiger partial charge in [-0.3, -0.25) is 9.69 Å². The molecule has 18 heavy (non-hydrogen) atoms. The SMILES string of the molecule is N#CCCN(CCC#N)C(=O)CN1CC[C@@H](N)C1. The van der Waals surface area contributed by atoms with Gasteiger partial charge in [-0.2, -0.15) is 10.5 Å². The third-order valence-electron chi connectivity index (χ3n) is 3.01. The number of nitrogens with two attached hydrogens (primary N) is 1. The largest absolute Gasteiger partial charge is 0.340 e. The molecule has 0 aromatic heterocycles. The van der Waals surface area contributed by atoms with Gasteiger partial charge in [-0.25, -0.2) is 0 Å². The number of nitrogens with zero attached hydrogens (tertiary/aromatic N) is 4. The summed E-state index contributed by atoms with van der Waals surface area (Å²) in [7, 11) is 0. The van der Waals surface area contributed by atoms with Gasteiger partial charge in [0.05, 0.1) is 31.5 Å². The molecule has 0 unspecified atom stereocenters. The van der Waals surface area contributed by atoms with Crippen LogP contribution in [0.5, 0.6) is 0 Å². The zero-order valence-electron chi connectivity index (χ0n) is 10.5. The second-order valence-corrected chi connectivity index (χ2v) is 4.48. The summed E-state index contributed by atoms with van der Waals surface area (Å²) in [5.41, 5.74) is 5.78. The van der Waals surface area contributed by atoms with Crippen LogP contribution in [-0.4, -0.2) is 54.5 Å². The van der Waals surface area contributed by atoms with Crippen LogP contribution < -0.4 is 5.73 Å². The van der Waals surface area contributed by atoms with Gasteiger partial charge in [-0.05, 0) is 6.42 Å². The van der Waals surface area contributed by atoms with Crippen molar-refractivity contribution in [3.8, 4) is 12.1 Å². The lowest BCUT2D eigenvalue weighted by atomic mass is 10.3. The first-order valence-electron chi connectivity index (χ1n) is 6.17. The van der Waals surface area contributed by atoms with Gasteiger partial charge in [-0.15, -0.1) is 0 Å². The molecule has 0 saturated carbocycles. The van der Waals surface area contributed by atoms with E-state index < -0.39 is 0 Å². The van der Waals surface area contributed by atoms with Crippen LogP contribution in [0.3, 0.4) is 0 Å². The molecule has 1 fully saturated rings. The summed E-state index contributed by atoms with van der Waals surface area (Å²) in [5.74, 6) is -0.0189. The summed E-state index contributed by atoms with van der Waals surface area (Å²) in [6.07, 6.45) is 1.52. The number of hydrogen-bond donors (Lipinski definition) is 1. The molecular weight excluding hydrogens is 230 g/mol. The number of amides is 1. The van der Waals surface area contributed by atoms with Gasteiger partial charge in [0.2, 0.25) is 5.91 Å². The maximum absolute atomic E-state index is 12.0. The molecule has 1 rings (SSSR count). The molecule has 1 aliphatic rings. The van der Waals surface area contributed by atoms with Crippen LogP contribution in [0.2, 0.25) is 0 Å². The maximum atomic E-state index is 12.0. The van der Waals surface area contributed by atoms with Crippen molar-refractivity contribution in [3.05, 3.63) is 0 Å². The van der Waals surface area contributed by atoms with Gasteiger partial charge in [0.25, 0.3) is 0 Å². The topological polar surface area (TPSA) is 97.1 Å². The van der Waals surface area contributed by atoms with E-state index in [9.17, 15) is 4.79 Å². The Morgan fingerprint density at radius 3 is 2.39 bits per heavy atom. The molecule has 1 heterocycles. The molecule has 98 valence electrons. The van der Waals surface area contributed by atoms with E-state index in [2.05, 4.69) is 0 Å². The Balaban J connectivity index is 2.43. The maximum Gasteiger partial charge on any atom is 0.236 e. The van der Waals surface area contributed by atoms with Crippen LogP contribution in [0.1, 0.15) is 19.3 Å². The molecule has 1 saturated heterocycles. The second-order valence-electron chi connectivity index (χ2n) is 4.48. The number of nitriles is 2. The number of hydrogen-bond acceptors (Lipinski definition) is 5. The highest BCUT2D eigenvalue weighted by atomic mass is 16.2. The monoisotopic (exact) mass is 249 g/mol. The molecule has 0 spiro atoms. The van der Waals surface area contributed by atoms with Crippen LogP contribution in [0, 0.1) is 22.7 Å². The predicted octanol–water partition coefficient (Wildman–Crippen LogP) is -0.325. The zero-order valence-corrected chi connectivity index (χ0v) is 10.5. The molecule has 2 N–H and O–H groups in total. The van der Waals surface area contributed by atoms with Crippen molar-refractivity contribution in [1.82, 2.24) is 9.80 Å². The fraction of sp³-hybridized carbons (Fsp3) is 0.750. The third-order valence-corrected chi connectivity index (χ3v) is 3.01. The highest BCUT2D eigenvalue weighted by molar-refractivity contribution is 5.78. The Hall–Kier alpha value is -1.63. The van der Waals surface area contributed by atoms with Gasteiger partial charge in [0.15, 0.2) is 0 Å². The molecule has 0 bridgehead atoms. The van der Waals surface area contributed by atoms with Crippen LogP contribution in [0.25, 0.3) is 0 Å². The number of carbonyl (C=O) groups excluding carboxylic acids is 1. The Morgan fingerprint density at radius 2 is 1.94 bits per heavy atom. The van der Waals surface area contributed by atoms with E-state index in [1.165, 1.54) is 0 Å². The first-order chi connectivity index (χ1) is 8.67. The first kappa shape index (κ1) is 14.4. The smallest absolute Gasteiger partial charge is 0.236 e. The van der Waals surface area contributed by atoms with E-state index in [0.29, 0.717) is 32.5 Å². The first-order valence-corrected chi connectivity index (χ1v) is 6.17. The van der Waals surface area contributed by atoms with E-state index in [0.717, 1.165) is 19.5 Å². The van der Waals surface area contributed by atoms with Gasteiger partial charge >= 0.3 is 0 Å². The quantitative estimate of drug-likeness (QED) is 0.695. The molecule has 1 atom stereocenters. The fourth-order valence-electron chi connectivity index (χ4n) is 2.03. The molecule has 0 aromatic rings. The van der Waals surface area contributed by atoms with Crippen molar-refractivity contribution in [3.63, 3.8) is 0 Å². The average molecular weight is 249 g/mol. The highest BCUT2D eigenvalue weighted by Crippen LogP contribution is 2.07. The number of carbonyl (C=O) groups is 1. The predicted molar refractivity (Wildman–Crippen MR) is 66.1 cm³/mol. The summed E-state index contributed by atoms with van der Waals surface area (Å²) in [6.45, 7) is 2.73. The lowest BCUT2D eigenvalue weighted by Crippen LogP contribution is -2.41. The standard InChI is InChI=1S/C12H19N5O/c13-4-1-6-17(7-2-5-14)12(18)10-16-8-3-11(15)9-16/h11H,1-3,6-10,15H2/t11-/m1/s1. The average Bonchev–Trinajstić information content (AvgIpc) is 2.75. The molecule has 6 nitrogen and oxygen atoms in total. The van der Waals surface area contributed by atoms with Gasteiger partial charge in [0, 0.05) is 32.2 Å². The van der Waals surface area contributed by atoms with Gasteiger partial charge < -0.3 is 10.6 Å². The van der Waals surface area contributed by atoms with Crippen molar-refractivity contribution in [1.29, 1.82) is 10.5 Å². The highest BCUT2D eigenvalue weighted by Gasteiger charge is 2.23. The summed E-state index contributed by atoms with van der Waals surface area (Å²) >= 11 is 0. The summed E-state index contributed by atoms with van der Waals surface area (Å²) in [4.78, 5) is 15.7. The Bertz CT molecular complexity index is 338. The van der Waals surface area contributed by atoms with Gasteiger partial charge in [0.1, 0.15) is 0 Å². The minimum absolute atomic E-state index is 0.0189. The summed E-state index contributed by atoms with van der Waals surface area (Å²) < 4.78 is 0. The van der Waals surface area contributed by atoms with E-state index in [-0.39, 0.29) is 11.9 Å².